The summed E-state index contributed by atoms with van der Waals surface area (Å²) in [6.07, 6.45) is 8.86. The van der Waals surface area contributed by atoms with Gasteiger partial charge in [-0.25, -0.2) is 0 Å². The number of carboxylic acids is 1. The molecule has 20 atom stereocenters. The summed E-state index contributed by atoms with van der Waals surface area (Å²) in [5.41, 5.74) is 0.197. The van der Waals surface area contributed by atoms with E-state index in [9.17, 15) is 20.1 Å². The van der Waals surface area contributed by atoms with Crippen LogP contribution in [0.25, 0.3) is 0 Å². The van der Waals surface area contributed by atoms with E-state index < -0.39 is 71.3 Å². The lowest BCUT2D eigenvalue weighted by molar-refractivity contribution is -0.367. The Bertz CT molecular complexity index is 1690. The minimum Gasteiger partial charge on any atom is -0.481 e. The second-order valence-corrected chi connectivity index (χ2v) is 20.5. The fourth-order valence-electron chi connectivity index (χ4n) is 12.5. The van der Waals surface area contributed by atoms with Gasteiger partial charge in [0, 0.05) is 76.2 Å². The Morgan fingerprint density at radius 1 is 0.900 bits per heavy atom. The summed E-state index contributed by atoms with van der Waals surface area (Å²) in [7, 11) is 0. The van der Waals surface area contributed by atoms with Gasteiger partial charge in [-0.1, -0.05) is 65.5 Å². The number of hydrogen-bond acceptors (Lipinski definition) is 13. The van der Waals surface area contributed by atoms with E-state index in [1.54, 1.807) is 0 Å². The van der Waals surface area contributed by atoms with Gasteiger partial charge in [-0.2, -0.15) is 0 Å². The third-order valence-electron chi connectivity index (χ3n) is 15.6. The second-order valence-electron chi connectivity index (χ2n) is 20.5. The van der Waals surface area contributed by atoms with Crippen LogP contribution in [-0.2, 0) is 42.7 Å². The minimum atomic E-state index is -2.12. The molecule has 0 aromatic heterocycles. The van der Waals surface area contributed by atoms with Crippen molar-refractivity contribution in [3.05, 3.63) is 36.5 Å². The molecule has 336 valence electrons. The van der Waals surface area contributed by atoms with Gasteiger partial charge in [-0.05, 0) is 49.0 Å². The maximum atomic E-state index is 12.2. The monoisotopic (exact) mass is 843 g/mol. The van der Waals surface area contributed by atoms with Gasteiger partial charge in [0.05, 0.1) is 48.8 Å². The standard InChI is InChI=1S/C46H69NO13/c1-25-17-35-40-37(23-44(58-40)28(4)16-26(2)24-47-44)56-43(20-25,55-35)21-27(3)39-30(6)32(48)22-45(52,59-39)41(51)36-19-34-33(53-36)18-29(5)46(57-34)15-14-42(60-46)13-9-11-31(54-42)10-7-8-12-38(49)50/h7,9-11,25-26,28-37,39-41,47-48,51-52H,3,8,12-24H2,1-2,4-6H3,(H,49,50)/b10-7+. The molecular formula is C46H69NO13. The predicted molar refractivity (Wildman–Crippen MR) is 216 cm³/mol. The summed E-state index contributed by atoms with van der Waals surface area (Å²) in [4.78, 5) is 10.9. The van der Waals surface area contributed by atoms with Crippen molar-refractivity contribution in [3.8, 4) is 0 Å². The highest BCUT2D eigenvalue weighted by Crippen LogP contribution is 2.55. The number of carboxylic acid groups (broad SMARTS) is 1. The Morgan fingerprint density at radius 2 is 1.70 bits per heavy atom. The molecule has 0 aromatic rings. The Morgan fingerprint density at radius 3 is 2.48 bits per heavy atom. The molecule has 14 nitrogen and oxygen atoms in total. The summed E-state index contributed by atoms with van der Waals surface area (Å²) >= 11 is 0. The molecule has 0 aromatic carbocycles. The van der Waals surface area contributed by atoms with Crippen molar-refractivity contribution in [2.75, 3.05) is 6.54 Å². The van der Waals surface area contributed by atoms with E-state index >= 15 is 0 Å². The molecule has 0 aliphatic carbocycles. The van der Waals surface area contributed by atoms with Crippen LogP contribution in [0.3, 0.4) is 0 Å². The van der Waals surface area contributed by atoms with Gasteiger partial charge < -0.3 is 58.3 Å². The molecule has 5 N–H and O–H groups in total. The molecule has 0 radical (unpaired) electrons. The molecule has 9 aliphatic rings. The molecule has 14 heteroatoms. The number of fused-ring (bicyclic) bond motifs is 5. The number of aliphatic carboxylic acids is 1. The maximum absolute atomic E-state index is 12.2. The van der Waals surface area contributed by atoms with Gasteiger partial charge >= 0.3 is 5.97 Å². The lowest BCUT2D eigenvalue weighted by atomic mass is 9.78. The van der Waals surface area contributed by atoms with Crippen LogP contribution in [-0.4, -0.2) is 123 Å². The second kappa shape index (κ2) is 16.0. The smallest absolute Gasteiger partial charge is 0.303 e. The summed E-state index contributed by atoms with van der Waals surface area (Å²) in [6, 6.07) is 0. The summed E-state index contributed by atoms with van der Waals surface area (Å²) in [5.74, 6) is -4.91. The van der Waals surface area contributed by atoms with Crippen LogP contribution in [0.2, 0.25) is 0 Å². The summed E-state index contributed by atoms with van der Waals surface area (Å²) in [6.45, 7) is 16.1. The number of aliphatic hydroxyl groups is 3. The molecule has 8 saturated heterocycles. The predicted octanol–water partition coefficient (Wildman–Crippen LogP) is 4.98. The van der Waals surface area contributed by atoms with Crippen molar-refractivity contribution in [2.45, 2.75) is 208 Å². The molecule has 0 amide bonds. The van der Waals surface area contributed by atoms with E-state index in [1.165, 1.54) is 0 Å². The highest BCUT2D eigenvalue weighted by atomic mass is 16.8. The lowest BCUT2D eigenvalue weighted by Gasteiger charge is -2.53. The average Bonchev–Trinajstić information content (AvgIpc) is 3.87. The summed E-state index contributed by atoms with van der Waals surface area (Å²) in [5, 5.41) is 48.3. The van der Waals surface area contributed by atoms with Gasteiger partial charge in [-0.15, -0.1) is 0 Å². The first kappa shape index (κ1) is 43.5. The molecule has 8 fully saturated rings. The average molecular weight is 844 g/mol. The molecule has 60 heavy (non-hydrogen) atoms. The van der Waals surface area contributed by atoms with E-state index in [4.69, 9.17) is 43.0 Å². The highest BCUT2D eigenvalue weighted by molar-refractivity contribution is 5.66. The number of piperidine rings is 1. The van der Waals surface area contributed by atoms with Crippen molar-refractivity contribution in [2.24, 2.45) is 29.6 Å². The molecule has 3 spiro atoms. The van der Waals surface area contributed by atoms with Gasteiger partial charge in [0.2, 0.25) is 0 Å². The van der Waals surface area contributed by atoms with Crippen LogP contribution in [0.4, 0.5) is 0 Å². The first-order chi connectivity index (χ1) is 28.4. The number of allylic oxidation sites excluding steroid dienone is 1. The van der Waals surface area contributed by atoms with E-state index in [0.717, 1.165) is 25.8 Å². The number of nitrogens with one attached hydrogen (secondary N) is 1. The first-order valence-electron chi connectivity index (χ1n) is 22.9. The molecule has 2 bridgehead atoms. The van der Waals surface area contributed by atoms with Gasteiger partial charge in [-0.3, -0.25) is 10.1 Å². The fourth-order valence-corrected chi connectivity index (χ4v) is 12.5. The van der Waals surface area contributed by atoms with E-state index in [1.807, 2.05) is 31.2 Å². The quantitative estimate of drug-likeness (QED) is 0.196. The van der Waals surface area contributed by atoms with Crippen LogP contribution >= 0.6 is 0 Å². The number of ether oxygens (including phenoxy) is 8. The normalized spacial score (nSPS) is 52.9. The maximum Gasteiger partial charge on any atom is 0.303 e. The Hall–Kier alpha value is -1.79. The summed E-state index contributed by atoms with van der Waals surface area (Å²) < 4.78 is 53.6. The zero-order valence-electron chi connectivity index (χ0n) is 36.0. The van der Waals surface area contributed by atoms with Crippen LogP contribution in [0.1, 0.15) is 118 Å². The van der Waals surface area contributed by atoms with Crippen molar-refractivity contribution in [3.63, 3.8) is 0 Å². The molecule has 0 saturated carbocycles. The van der Waals surface area contributed by atoms with Gasteiger partial charge in [0.1, 0.15) is 17.9 Å². The number of carbonyl (C=O) groups is 1. The van der Waals surface area contributed by atoms with Crippen molar-refractivity contribution >= 4 is 5.97 Å². The lowest BCUT2D eigenvalue weighted by Crippen LogP contribution is -2.61. The topological polar surface area (TPSA) is 184 Å². The molecule has 9 heterocycles. The number of hydrogen-bond donors (Lipinski definition) is 5. The van der Waals surface area contributed by atoms with Gasteiger partial charge in [0.15, 0.2) is 23.1 Å². The van der Waals surface area contributed by atoms with Crippen LogP contribution in [0.5, 0.6) is 0 Å². The van der Waals surface area contributed by atoms with Crippen molar-refractivity contribution in [1.29, 1.82) is 0 Å². The van der Waals surface area contributed by atoms with Gasteiger partial charge in [0.25, 0.3) is 0 Å². The van der Waals surface area contributed by atoms with Crippen LogP contribution < -0.4 is 5.32 Å². The zero-order chi connectivity index (χ0) is 42.4. The van der Waals surface area contributed by atoms with E-state index in [2.05, 4.69) is 39.6 Å². The third-order valence-corrected chi connectivity index (χ3v) is 15.6. The Kier molecular flexibility index (Phi) is 11.6. The zero-order valence-corrected chi connectivity index (χ0v) is 36.0. The Labute approximate surface area is 354 Å². The Balaban J connectivity index is 0.845. The van der Waals surface area contributed by atoms with Crippen molar-refractivity contribution in [1.82, 2.24) is 5.32 Å². The van der Waals surface area contributed by atoms with Crippen LogP contribution in [0.15, 0.2) is 36.5 Å². The first-order valence-corrected chi connectivity index (χ1v) is 22.9. The minimum absolute atomic E-state index is 0.0502. The number of aliphatic hydroxyl groups excluding tert-OH is 2. The number of rotatable bonds is 9. The fraction of sp³-hybridized carbons (Fsp3) is 0.848. The van der Waals surface area contributed by atoms with Crippen molar-refractivity contribution < 1.29 is 63.1 Å². The molecular weight excluding hydrogens is 775 g/mol. The third kappa shape index (κ3) is 7.91. The SMILES string of the molecule is C=C(CC12CC(C)CC(O1)C1OC3(CC1O2)NCC(C)CC3C)C1OC(O)(C(O)C2CC3OC4(CCC5(CC=CC(/C=C/CCC(=O)O)O5)O4)C(C)CC3O2)CC(O)C1C. The van der Waals surface area contributed by atoms with E-state index in [0.29, 0.717) is 74.7 Å². The van der Waals surface area contributed by atoms with Crippen LogP contribution in [0, 0.1) is 29.6 Å². The highest BCUT2D eigenvalue weighted by Gasteiger charge is 2.64. The molecule has 20 unspecified atom stereocenters. The van der Waals surface area contributed by atoms with E-state index in [-0.39, 0.29) is 49.3 Å². The molecule has 9 aliphatic heterocycles. The molecule has 9 rings (SSSR count). The largest absolute Gasteiger partial charge is 0.481 e.